The number of phosphoric ester groups is 1. The van der Waals surface area contributed by atoms with Gasteiger partial charge < -0.3 is 19.8 Å². The molecule has 9 heteroatoms. The van der Waals surface area contributed by atoms with Crippen LogP contribution in [0, 0.1) is 0 Å². The molecule has 0 radical (unpaired) electrons. The van der Waals surface area contributed by atoms with Crippen LogP contribution in [0.5, 0.6) is 0 Å². The van der Waals surface area contributed by atoms with Crippen molar-refractivity contribution in [2.45, 2.75) is 283 Å². The highest BCUT2D eigenvalue weighted by atomic mass is 31.2. The number of nitrogens with zero attached hydrogens (tertiary/aromatic N) is 1. The third-order valence-electron chi connectivity index (χ3n) is 12.9. The topological polar surface area (TPSA) is 105 Å². The van der Waals surface area contributed by atoms with E-state index in [4.69, 9.17) is 9.05 Å². The summed E-state index contributed by atoms with van der Waals surface area (Å²) in [4.78, 5) is 23.3. The third-order valence-corrected chi connectivity index (χ3v) is 13.8. The van der Waals surface area contributed by atoms with Crippen molar-refractivity contribution in [3.63, 3.8) is 0 Å². The number of unbranched alkanes of at least 4 members (excludes halogenated alkanes) is 35. The van der Waals surface area contributed by atoms with Crippen LogP contribution in [0.4, 0.5) is 0 Å². The number of carbonyl (C=O) groups is 1. The maximum absolute atomic E-state index is 13.0. The van der Waals surface area contributed by atoms with E-state index in [1.165, 1.54) is 205 Å². The van der Waals surface area contributed by atoms with Crippen LogP contribution in [0.1, 0.15) is 271 Å². The molecule has 0 heterocycles. The second kappa shape index (κ2) is 48.7. The molecule has 66 heavy (non-hydrogen) atoms. The number of allylic oxidation sites excluding steroid dienone is 5. The number of hydrogen-bond acceptors (Lipinski definition) is 5. The molecule has 3 atom stereocenters. The van der Waals surface area contributed by atoms with Crippen LogP contribution in [0.3, 0.4) is 0 Å². The zero-order valence-electron chi connectivity index (χ0n) is 44.4. The van der Waals surface area contributed by atoms with E-state index in [9.17, 15) is 19.4 Å². The van der Waals surface area contributed by atoms with Crippen LogP contribution in [-0.4, -0.2) is 73.4 Å². The minimum Gasteiger partial charge on any atom is -0.387 e. The number of carbonyl (C=O) groups excluding carboxylic acids is 1. The Labute approximate surface area is 410 Å². The molecular formula is C57H112N2O6P+. The van der Waals surface area contributed by atoms with Gasteiger partial charge in [-0.1, -0.05) is 249 Å². The Morgan fingerprint density at radius 1 is 0.515 bits per heavy atom. The van der Waals surface area contributed by atoms with Crippen molar-refractivity contribution < 1.29 is 32.9 Å². The highest BCUT2D eigenvalue weighted by Gasteiger charge is 2.27. The van der Waals surface area contributed by atoms with E-state index in [0.29, 0.717) is 17.4 Å². The number of hydrogen-bond donors (Lipinski definition) is 3. The fraction of sp³-hybridized carbons (Fsp3) is 0.877. The van der Waals surface area contributed by atoms with Crippen molar-refractivity contribution >= 4 is 13.7 Å². The first-order valence-electron chi connectivity index (χ1n) is 28.4. The molecule has 0 saturated heterocycles. The number of aliphatic hydroxyl groups is 1. The van der Waals surface area contributed by atoms with E-state index in [2.05, 4.69) is 43.5 Å². The smallest absolute Gasteiger partial charge is 0.387 e. The first-order chi connectivity index (χ1) is 32.0. The predicted molar refractivity (Wildman–Crippen MR) is 286 cm³/mol. The summed E-state index contributed by atoms with van der Waals surface area (Å²) in [6, 6.07) is -0.846. The lowest BCUT2D eigenvalue weighted by atomic mass is 10.0. The fourth-order valence-electron chi connectivity index (χ4n) is 8.37. The van der Waals surface area contributed by atoms with Crippen molar-refractivity contribution in [3.05, 3.63) is 36.5 Å². The van der Waals surface area contributed by atoms with Crippen molar-refractivity contribution in [2.75, 3.05) is 40.9 Å². The van der Waals surface area contributed by atoms with Crippen molar-refractivity contribution in [1.82, 2.24) is 5.32 Å². The molecule has 0 aliphatic heterocycles. The molecule has 0 saturated carbocycles. The van der Waals surface area contributed by atoms with Gasteiger partial charge in [-0.3, -0.25) is 13.8 Å². The van der Waals surface area contributed by atoms with E-state index < -0.39 is 20.0 Å². The van der Waals surface area contributed by atoms with Crippen LogP contribution in [0.15, 0.2) is 36.5 Å². The lowest BCUT2D eigenvalue weighted by molar-refractivity contribution is -0.870. The molecular weight excluding hydrogens is 840 g/mol. The summed E-state index contributed by atoms with van der Waals surface area (Å²) in [6.07, 6.45) is 62.3. The average Bonchev–Trinajstić information content (AvgIpc) is 3.28. The van der Waals surface area contributed by atoms with Crippen LogP contribution in [0.2, 0.25) is 0 Å². The second-order valence-corrected chi connectivity index (χ2v) is 22.1. The molecule has 0 fully saturated rings. The summed E-state index contributed by atoms with van der Waals surface area (Å²) in [5.41, 5.74) is 0. The molecule has 0 aromatic carbocycles. The van der Waals surface area contributed by atoms with E-state index >= 15 is 0 Å². The minimum absolute atomic E-state index is 0.0622. The molecule has 0 bridgehead atoms. The van der Waals surface area contributed by atoms with Crippen molar-refractivity contribution in [1.29, 1.82) is 0 Å². The van der Waals surface area contributed by atoms with Gasteiger partial charge in [0.05, 0.1) is 39.9 Å². The SMILES string of the molecule is CCCCCCC/C=C\C/C=C\CCCCCCCCCCCCCCCC(=O)NC(COP(=O)(O)OCC[N+](C)(C)C)C(O)/C=C/CCCCCCCCCCCCCCCCCCC. The summed E-state index contributed by atoms with van der Waals surface area (Å²) in [7, 11) is 1.58. The van der Waals surface area contributed by atoms with Gasteiger partial charge in [-0.15, -0.1) is 0 Å². The van der Waals surface area contributed by atoms with Gasteiger partial charge in [0.15, 0.2) is 0 Å². The van der Waals surface area contributed by atoms with E-state index in [1.807, 2.05) is 27.2 Å². The van der Waals surface area contributed by atoms with Gasteiger partial charge in [0.1, 0.15) is 13.2 Å². The minimum atomic E-state index is -4.34. The lowest BCUT2D eigenvalue weighted by Crippen LogP contribution is -2.45. The number of amides is 1. The summed E-state index contributed by atoms with van der Waals surface area (Å²) in [6.45, 7) is 4.84. The van der Waals surface area contributed by atoms with E-state index in [1.54, 1.807) is 6.08 Å². The fourth-order valence-corrected chi connectivity index (χ4v) is 9.10. The zero-order valence-corrected chi connectivity index (χ0v) is 45.3. The normalized spacial score (nSPS) is 14.2. The van der Waals surface area contributed by atoms with Gasteiger partial charge in [0.25, 0.3) is 0 Å². The second-order valence-electron chi connectivity index (χ2n) is 20.7. The number of quaternary nitrogens is 1. The lowest BCUT2D eigenvalue weighted by Gasteiger charge is -2.25. The van der Waals surface area contributed by atoms with Gasteiger partial charge in [-0.2, -0.15) is 0 Å². The highest BCUT2D eigenvalue weighted by molar-refractivity contribution is 7.47. The number of phosphoric acid groups is 1. The Kier molecular flexibility index (Phi) is 47.8. The summed E-state index contributed by atoms with van der Waals surface area (Å²) >= 11 is 0. The van der Waals surface area contributed by atoms with Gasteiger partial charge in [-0.25, -0.2) is 4.57 Å². The molecule has 0 aliphatic carbocycles. The first kappa shape index (κ1) is 64.7. The summed E-state index contributed by atoms with van der Waals surface area (Å²) in [5.74, 6) is -0.175. The Morgan fingerprint density at radius 3 is 1.24 bits per heavy atom. The quantitative estimate of drug-likeness (QED) is 0.0243. The predicted octanol–water partition coefficient (Wildman–Crippen LogP) is 17.0. The van der Waals surface area contributed by atoms with Gasteiger partial charge in [0.2, 0.25) is 5.91 Å². The Morgan fingerprint density at radius 2 is 0.864 bits per heavy atom. The van der Waals surface area contributed by atoms with Gasteiger partial charge >= 0.3 is 7.82 Å². The van der Waals surface area contributed by atoms with Crippen LogP contribution in [0.25, 0.3) is 0 Å². The highest BCUT2D eigenvalue weighted by Crippen LogP contribution is 2.43. The van der Waals surface area contributed by atoms with Crippen molar-refractivity contribution in [3.8, 4) is 0 Å². The molecule has 0 aliphatic rings. The molecule has 1 amide bonds. The van der Waals surface area contributed by atoms with E-state index in [0.717, 1.165) is 44.9 Å². The maximum Gasteiger partial charge on any atom is 0.472 e. The largest absolute Gasteiger partial charge is 0.472 e. The third kappa shape index (κ3) is 50.6. The van der Waals surface area contributed by atoms with Gasteiger partial charge in [0, 0.05) is 6.42 Å². The molecule has 0 aromatic heterocycles. The molecule has 0 spiro atoms. The van der Waals surface area contributed by atoms with Crippen LogP contribution in [-0.2, 0) is 18.4 Å². The monoisotopic (exact) mass is 952 g/mol. The molecule has 0 rings (SSSR count). The summed E-state index contributed by atoms with van der Waals surface area (Å²) < 4.78 is 23.7. The maximum atomic E-state index is 13.0. The molecule has 8 nitrogen and oxygen atoms in total. The Bertz CT molecular complexity index is 1170. The van der Waals surface area contributed by atoms with Crippen LogP contribution < -0.4 is 5.32 Å². The Balaban J connectivity index is 4.21. The number of nitrogens with one attached hydrogen (secondary N) is 1. The van der Waals surface area contributed by atoms with Gasteiger partial charge in [-0.05, 0) is 51.4 Å². The number of likely N-dealkylation sites (N-methyl/N-ethyl adjacent to an activating group) is 1. The number of rotatable bonds is 52. The molecule has 3 unspecified atom stereocenters. The molecule has 0 aromatic rings. The Hall–Kier alpha value is -1.28. The summed E-state index contributed by atoms with van der Waals surface area (Å²) in [5, 5.41) is 13.9. The standard InChI is InChI=1S/C57H111N2O6P/c1-6-8-10-12-14-16-18-20-22-24-26-27-28-29-30-31-33-35-37-39-41-43-45-47-49-51-57(61)58-55(54-65-66(62,63)64-53-52-59(3,4)5)56(60)50-48-46-44-42-40-38-36-34-32-25-23-21-19-17-15-13-11-9-7-2/h18,20,24,26,48,50,55-56,60H,6-17,19,21-23,25,27-47,49,51-54H2,1-5H3,(H-,58,61,62,63)/p+1/b20-18-,26-24-,50-48+. The van der Waals surface area contributed by atoms with Crippen molar-refractivity contribution in [2.24, 2.45) is 0 Å². The number of aliphatic hydroxyl groups excluding tert-OH is 1. The molecule has 390 valence electrons. The molecule has 3 N–H and O–H groups in total. The first-order valence-corrected chi connectivity index (χ1v) is 29.9. The van der Waals surface area contributed by atoms with Crippen LogP contribution >= 0.6 is 7.82 Å². The van der Waals surface area contributed by atoms with E-state index in [-0.39, 0.29) is 19.1 Å². The zero-order chi connectivity index (χ0) is 48.5. The average molecular weight is 953 g/mol.